The molecule has 0 saturated heterocycles. The predicted octanol–water partition coefficient (Wildman–Crippen LogP) is 6.00. The van der Waals surface area contributed by atoms with E-state index in [2.05, 4.69) is 47.3 Å². The quantitative estimate of drug-likeness (QED) is 0.421. The van der Waals surface area contributed by atoms with Gasteiger partial charge in [-0.25, -0.2) is 9.97 Å². The topological polar surface area (TPSA) is 58.0 Å². The van der Waals surface area contributed by atoms with Crippen molar-refractivity contribution >= 4 is 46.6 Å². The van der Waals surface area contributed by atoms with Gasteiger partial charge >= 0.3 is 0 Å². The van der Waals surface area contributed by atoms with E-state index >= 15 is 0 Å². The zero-order valence-electron chi connectivity index (χ0n) is 13.5. The van der Waals surface area contributed by atoms with Gasteiger partial charge in [0.15, 0.2) is 5.75 Å². The van der Waals surface area contributed by atoms with Gasteiger partial charge in [0.2, 0.25) is 5.95 Å². The molecule has 7 heteroatoms. The van der Waals surface area contributed by atoms with Gasteiger partial charge in [-0.05, 0) is 55.3 Å². The van der Waals surface area contributed by atoms with Crippen LogP contribution in [0.5, 0.6) is 5.75 Å². The molecule has 2 N–H and O–H groups in total. The van der Waals surface area contributed by atoms with Crippen LogP contribution in [0.1, 0.15) is 11.1 Å². The summed E-state index contributed by atoms with van der Waals surface area (Å²) in [4.78, 5) is 9.83. The molecule has 0 aliphatic rings. The number of aryl methyl sites for hydroxylation is 2. The summed E-state index contributed by atoms with van der Waals surface area (Å²) in [5, 5.41) is 13.8. The molecule has 0 spiro atoms. The molecule has 25 heavy (non-hydrogen) atoms. The van der Waals surface area contributed by atoms with Gasteiger partial charge in [0, 0.05) is 16.8 Å². The van der Waals surface area contributed by atoms with Crippen LogP contribution < -0.4 is 5.32 Å². The Bertz CT molecular complexity index is 891. The van der Waals surface area contributed by atoms with Crippen LogP contribution in [0.15, 0.2) is 52.5 Å². The van der Waals surface area contributed by atoms with E-state index in [0.29, 0.717) is 11.6 Å². The number of benzene rings is 2. The number of nitrogens with zero attached hydrogens (tertiary/aromatic N) is 2. The number of hydrogen-bond acceptors (Lipinski definition) is 5. The van der Waals surface area contributed by atoms with Crippen LogP contribution in [0.2, 0.25) is 10.0 Å². The minimum Gasteiger partial charge on any atom is -0.505 e. The highest BCUT2D eigenvalue weighted by atomic mass is 35.5. The number of anilines is 2. The van der Waals surface area contributed by atoms with Gasteiger partial charge in [-0.2, -0.15) is 0 Å². The summed E-state index contributed by atoms with van der Waals surface area (Å²) < 4.78 is 0. The molecule has 4 nitrogen and oxygen atoms in total. The number of halogens is 2. The molecule has 0 saturated carbocycles. The molecule has 0 radical (unpaired) electrons. The van der Waals surface area contributed by atoms with Crippen molar-refractivity contribution in [2.45, 2.75) is 23.8 Å². The first-order valence-corrected chi connectivity index (χ1v) is 9.02. The normalized spacial score (nSPS) is 10.7. The molecular formula is C18H15Cl2N3OS. The third-order valence-electron chi connectivity index (χ3n) is 3.32. The maximum Gasteiger partial charge on any atom is 0.228 e. The second kappa shape index (κ2) is 7.52. The van der Waals surface area contributed by atoms with Crippen molar-refractivity contribution in [1.82, 2.24) is 9.97 Å². The highest BCUT2D eigenvalue weighted by Crippen LogP contribution is 2.35. The minimum absolute atomic E-state index is 0.145. The number of aromatic hydroxyl groups is 1. The molecule has 3 rings (SSSR count). The maximum atomic E-state index is 9.62. The largest absolute Gasteiger partial charge is 0.505 e. The van der Waals surface area contributed by atoms with Crippen LogP contribution in [-0.2, 0) is 0 Å². The average Bonchev–Trinajstić information content (AvgIpc) is 2.52. The number of aromatic nitrogens is 2. The molecule has 1 heterocycles. The first-order valence-electron chi connectivity index (χ1n) is 7.45. The average molecular weight is 392 g/mol. The van der Waals surface area contributed by atoms with Crippen molar-refractivity contribution in [3.05, 3.63) is 63.8 Å². The number of phenols is 1. The van der Waals surface area contributed by atoms with Gasteiger partial charge in [-0.1, -0.05) is 41.0 Å². The van der Waals surface area contributed by atoms with Crippen molar-refractivity contribution in [3.8, 4) is 5.75 Å². The number of nitrogens with one attached hydrogen (secondary N) is 1. The Morgan fingerprint density at radius 1 is 1.00 bits per heavy atom. The fourth-order valence-corrected chi connectivity index (χ4v) is 3.82. The molecule has 0 atom stereocenters. The van der Waals surface area contributed by atoms with Crippen LogP contribution in [0.3, 0.4) is 0 Å². The lowest BCUT2D eigenvalue weighted by atomic mass is 10.2. The van der Waals surface area contributed by atoms with E-state index in [1.54, 1.807) is 30.1 Å². The van der Waals surface area contributed by atoms with E-state index in [4.69, 9.17) is 23.2 Å². The predicted molar refractivity (Wildman–Crippen MR) is 103 cm³/mol. The maximum absolute atomic E-state index is 9.62. The first-order chi connectivity index (χ1) is 11.9. The van der Waals surface area contributed by atoms with Crippen molar-refractivity contribution in [2.24, 2.45) is 0 Å². The van der Waals surface area contributed by atoms with Crippen LogP contribution >= 0.6 is 35.0 Å². The zero-order chi connectivity index (χ0) is 18.0. The summed E-state index contributed by atoms with van der Waals surface area (Å²) >= 11 is 13.4. The summed E-state index contributed by atoms with van der Waals surface area (Å²) in [6, 6.07) is 11.4. The van der Waals surface area contributed by atoms with Gasteiger partial charge in [0.25, 0.3) is 0 Å². The molecule has 1 aromatic heterocycles. The lowest BCUT2D eigenvalue weighted by molar-refractivity contribution is 0.476. The lowest BCUT2D eigenvalue weighted by Crippen LogP contribution is -1.97. The lowest BCUT2D eigenvalue weighted by Gasteiger charge is -2.09. The summed E-state index contributed by atoms with van der Waals surface area (Å²) in [5.41, 5.74) is 3.02. The van der Waals surface area contributed by atoms with Crippen molar-refractivity contribution in [3.63, 3.8) is 0 Å². The van der Waals surface area contributed by atoms with E-state index < -0.39 is 0 Å². The van der Waals surface area contributed by atoms with Crippen LogP contribution in [0.25, 0.3) is 0 Å². The summed E-state index contributed by atoms with van der Waals surface area (Å²) in [7, 11) is 0. The van der Waals surface area contributed by atoms with E-state index in [1.165, 1.54) is 11.1 Å². The molecule has 0 aliphatic carbocycles. The Morgan fingerprint density at radius 2 is 1.64 bits per heavy atom. The third kappa shape index (κ3) is 4.57. The van der Waals surface area contributed by atoms with Crippen molar-refractivity contribution in [1.29, 1.82) is 0 Å². The third-order valence-corrected chi connectivity index (χ3v) is 4.80. The Hall–Kier alpha value is -1.95. The summed E-state index contributed by atoms with van der Waals surface area (Å²) in [6.07, 6.45) is 1.68. The standard InChI is InChI=1S/C18H15Cl2N3OS/c1-10-5-11(2)7-13(6-10)25-16-3-4-21-18(23-16)22-12-8-14(19)17(24)15(20)9-12/h3-9,24H,1-2H3,(H,21,22,23). The Labute approximate surface area is 160 Å². The molecule has 3 aromatic rings. The van der Waals surface area contributed by atoms with Gasteiger partial charge in [0.05, 0.1) is 10.0 Å². The highest BCUT2D eigenvalue weighted by Gasteiger charge is 2.08. The van der Waals surface area contributed by atoms with Crippen LogP contribution in [0, 0.1) is 13.8 Å². The molecule has 0 fully saturated rings. The van der Waals surface area contributed by atoms with E-state index in [0.717, 1.165) is 9.92 Å². The Balaban J connectivity index is 1.82. The SMILES string of the molecule is Cc1cc(C)cc(Sc2ccnc(Nc3cc(Cl)c(O)c(Cl)c3)n2)c1. The van der Waals surface area contributed by atoms with Crippen LogP contribution in [0.4, 0.5) is 11.6 Å². The first kappa shape index (κ1) is 17.9. The monoisotopic (exact) mass is 391 g/mol. The molecule has 0 bridgehead atoms. The summed E-state index contributed by atoms with van der Waals surface area (Å²) in [5.74, 6) is 0.279. The second-order valence-electron chi connectivity index (χ2n) is 5.56. The van der Waals surface area contributed by atoms with Gasteiger partial charge < -0.3 is 10.4 Å². The highest BCUT2D eigenvalue weighted by molar-refractivity contribution is 7.99. The van der Waals surface area contributed by atoms with Gasteiger partial charge in [-0.15, -0.1) is 0 Å². The number of rotatable bonds is 4. The van der Waals surface area contributed by atoms with E-state index in [-0.39, 0.29) is 15.8 Å². The zero-order valence-corrected chi connectivity index (χ0v) is 15.9. The Morgan fingerprint density at radius 3 is 2.28 bits per heavy atom. The molecular weight excluding hydrogens is 377 g/mol. The second-order valence-corrected chi connectivity index (χ2v) is 7.47. The van der Waals surface area contributed by atoms with E-state index in [9.17, 15) is 5.11 Å². The van der Waals surface area contributed by atoms with Crippen LogP contribution in [-0.4, -0.2) is 15.1 Å². The van der Waals surface area contributed by atoms with Gasteiger partial charge in [-0.3, -0.25) is 0 Å². The molecule has 0 aliphatic heterocycles. The molecule has 128 valence electrons. The summed E-state index contributed by atoms with van der Waals surface area (Å²) in [6.45, 7) is 4.14. The number of phenolic OH excluding ortho intramolecular Hbond substituents is 1. The molecule has 2 aromatic carbocycles. The van der Waals surface area contributed by atoms with Gasteiger partial charge in [0.1, 0.15) is 5.03 Å². The minimum atomic E-state index is -0.145. The smallest absolute Gasteiger partial charge is 0.228 e. The number of hydrogen-bond donors (Lipinski definition) is 2. The fourth-order valence-electron chi connectivity index (χ4n) is 2.34. The van der Waals surface area contributed by atoms with Crippen molar-refractivity contribution < 1.29 is 5.11 Å². The molecule has 0 unspecified atom stereocenters. The van der Waals surface area contributed by atoms with E-state index in [1.807, 2.05) is 6.07 Å². The molecule has 0 amide bonds. The Kier molecular flexibility index (Phi) is 5.37. The van der Waals surface area contributed by atoms with Crippen molar-refractivity contribution in [2.75, 3.05) is 5.32 Å². The fraction of sp³-hybridized carbons (Fsp3) is 0.111.